The molecule has 3 aromatic rings. The third-order valence-electron chi connectivity index (χ3n) is 4.12. The minimum Gasteiger partial charge on any atom is -0.319 e. The Labute approximate surface area is 135 Å². The number of hydrogen-bond acceptors (Lipinski definition) is 3. The maximum absolute atomic E-state index is 12.7. The Bertz CT molecular complexity index is 781. The van der Waals surface area contributed by atoms with E-state index in [2.05, 4.69) is 29.2 Å². The second-order valence-corrected chi connectivity index (χ2v) is 10.1. The Kier molecular flexibility index (Phi) is 4.46. The smallest absolute Gasteiger partial charge is 0.115 e. The molecular weight excluding hydrogens is 309 g/mol. The van der Waals surface area contributed by atoms with Crippen LogP contribution in [0.25, 0.3) is 10.2 Å². The first-order valence-corrected chi connectivity index (χ1v) is 10.6. The van der Waals surface area contributed by atoms with Crippen molar-refractivity contribution in [1.82, 2.24) is 4.98 Å². The van der Waals surface area contributed by atoms with Gasteiger partial charge in [0.05, 0.1) is 15.2 Å². The zero-order chi connectivity index (χ0) is 15.6. The van der Waals surface area contributed by atoms with Crippen LogP contribution in [0.4, 0.5) is 0 Å². The predicted molar refractivity (Wildman–Crippen MR) is 97.2 cm³/mol. The van der Waals surface area contributed by atoms with Crippen molar-refractivity contribution in [3.05, 3.63) is 59.1 Å². The molecule has 1 aromatic heterocycles. The molecule has 0 amide bonds. The summed E-state index contributed by atoms with van der Waals surface area (Å²) in [6.07, 6.45) is 2.31. The molecule has 0 bridgehead atoms. The lowest BCUT2D eigenvalue weighted by atomic mass is 10.2. The van der Waals surface area contributed by atoms with Gasteiger partial charge < -0.3 is 4.57 Å². The second-order valence-electron chi connectivity index (χ2n) is 5.44. The minimum atomic E-state index is -2.17. The minimum absolute atomic E-state index is 0.737. The van der Waals surface area contributed by atoms with Crippen molar-refractivity contribution in [3.8, 4) is 0 Å². The topological polar surface area (TPSA) is 30.0 Å². The molecule has 0 spiro atoms. The van der Waals surface area contributed by atoms with Crippen LogP contribution in [0, 0.1) is 0 Å². The predicted octanol–water partition coefficient (Wildman–Crippen LogP) is 4.92. The van der Waals surface area contributed by atoms with E-state index >= 15 is 0 Å². The largest absolute Gasteiger partial charge is 0.319 e. The molecule has 0 atom stereocenters. The van der Waals surface area contributed by atoms with Crippen LogP contribution < -0.4 is 5.30 Å². The summed E-state index contributed by atoms with van der Waals surface area (Å²) in [5.74, 6) is 0. The summed E-state index contributed by atoms with van der Waals surface area (Å²) in [5.41, 5.74) is 2.29. The highest BCUT2D eigenvalue weighted by molar-refractivity contribution is 7.71. The molecule has 3 rings (SSSR count). The van der Waals surface area contributed by atoms with Crippen LogP contribution >= 0.6 is 18.5 Å². The van der Waals surface area contributed by atoms with Crippen LogP contribution in [0.1, 0.15) is 24.4 Å². The van der Waals surface area contributed by atoms with Crippen molar-refractivity contribution in [2.24, 2.45) is 0 Å². The van der Waals surface area contributed by atoms with Crippen LogP contribution in [-0.2, 0) is 11.0 Å². The van der Waals surface area contributed by atoms with E-state index in [1.54, 1.807) is 11.3 Å². The Morgan fingerprint density at radius 1 is 1.00 bits per heavy atom. The van der Waals surface area contributed by atoms with Crippen LogP contribution in [0.3, 0.4) is 0 Å². The van der Waals surface area contributed by atoms with E-state index in [0.717, 1.165) is 34.6 Å². The van der Waals surface area contributed by atoms with Gasteiger partial charge in [0.25, 0.3) is 0 Å². The molecule has 0 aliphatic carbocycles. The maximum atomic E-state index is 12.7. The Morgan fingerprint density at radius 2 is 1.68 bits per heavy atom. The van der Waals surface area contributed by atoms with Gasteiger partial charge in [0.1, 0.15) is 7.14 Å². The van der Waals surface area contributed by atoms with Gasteiger partial charge >= 0.3 is 0 Å². The number of aromatic nitrogens is 1. The first kappa shape index (κ1) is 15.5. The molecule has 1 heterocycles. The van der Waals surface area contributed by atoms with Crippen molar-refractivity contribution >= 4 is 34.0 Å². The number of hydrogen-bond donors (Lipinski definition) is 0. The average Bonchev–Trinajstić information content (AvgIpc) is 2.97. The molecule has 22 heavy (non-hydrogen) atoms. The van der Waals surface area contributed by atoms with E-state index in [9.17, 15) is 4.57 Å². The zero-order valence-corrected chi connectivity index (χ0v) is 14.7. The quantitative estimate of drug-likeness (QED) is 0.622. The number of benzene rings is 2. The standard InChI is InChI=1S/C18H20NOPS/c1-3-21(20,4-2)15-11-9-14(10-12-15)13-18-19-16-7-5-6-8-17(16)22-18/h5-12H,3-4,13H2,1-2H3. The number of para-hydroxylation sites is 1. The van der Waals surface area contributed by atoms with Crippen LogP contribution in [-0.4, -0.2) is 17.3 Å². The lowest BCUT2D eigenvalue weighted by molar-refractivity contribution is 0.582. The van der Waals surface area contributed by atoms with E-state index in [1.807, 2.05) is 38.1 Å². The molecule has 0 saturated heterocycles. The molecule has 0 aliphatic rings. The van der Waals surface area contributed by atoms with Crippen molar-refractivity contribution in [1.29, 1.82) is 0 Å². The first-order chi connectivity index (χ1) is 10.6. The highest BCUT2D eigenvalue weighted by Crippen LogP contribution is 2.43. The summed E-state index contributed by atoms with van der Waals surface area (Å²) in [6, 6.07) is 16.5. The Hall–Kier alpha value is -1.44. The molecular formula is C18H20NOPS. The summed E-state index contributed by atoms with van der Waals surface area (Å²) in [4.78, 5) is 4.68. The van der Waals surface area contributed by atoms with E-state index in [1.165, 1.54) is 10.3 Å². The fraction of sp³-hybridized carbons (Fsp3) is 0.278. The highest BCUT2D eigenvalue weighted by atomic mass is 32.1. The molecule has 4 heteroatoms. The normalized spacial score (nSPS) is 11.9. The SMILES string of the molecule is CCP(=O)(CC)c1ccc(Cc2nc3ccccc3s2)cc1. The van der Waals surface area contributed by atoms with Gasteiger partial charge in [-0.05, 0) is 17.7 Å². The summed E-state index contributed by atoms with van der Waals surface area (Å²) >= 11 is 1.74. The molecule has 0 unspecified atom stereocenters. The van der Waals surface area contributed by atoms with Gasteiger partial charge in [0.2, 0.25) is 0 Å². The molecule has 2 aromatic carbocycles. The van der Waals surface area contributed by atoms with Gasteiger partial charge in [-0.25, -0.2) is 4.98 Å². The fourth-order valence-corrected chi connectivity index (χ4v) is 5.52. The fourth-order valence-electron chi connectivity index (χ4n) is 2.64. The van der Waals surface area contributed by atoms with E-state index < -0.39 is 7.14 Å². The van der Waals surface area contributed by atoms with E-state index in [4.69, 9.17) is 0 Å². The summed E-state index contributed by atoms with van der Waals surface area (Å²) in [7, 11) is -2.17. The van der Waals surface area contributed by atoms with Crippen molar-refractivity contribution in [3.63, 3.8) is 0 Å². The van der Waals surface area contributed by atoms with Crippen molar-refractivity contribution < 1.29 is 4.57 Å². The Balaban J connectivity index is 1.83. The molecule has 0 aliphatic heterocycles. The monoisotopic (exact) mass is 329 g/mol. The number of fused-ring (bicyclic) bond motifs is 1. The van der Waals surface area contributed by atoms with Crippen LogP contribution in [0.2, 0.25) is 0 Å². The molecule has 2 nitrogen and oxygen atoms in total. The highest BCUT2D eigenvalue weighted by Gasteiger charge is 2.19. The summed E-state index contributed by atoms with van der Waals surface area (Å²) in [6.45, 7) is 4.03. The van der Waals surface area contributed by atoms with E-state index in [0.29, 0.717) is 0 Å². The molecule has 0 N–H and O–H groups in total. The lowest BCUT2D eigenvalue weighted by Crippen LogP contribution is -2.08. The van der Waals surface area contributed by atoms with Crippen molar-refractivity contribution in [2.45, 2.75) is 20.3 Å². The van der Waals surface area contributed by atoms with Crippen LogP contribution in [0.5, 0.6) is 0 Å². The first-order valence-electron chi connectivity index (χ1n) is 7.66. The van der Waals surface area contributed by atoms with Gasteiger partial charge in [0, 0.05) is 24.0 Å². The third kappa shape index (κ3) is 3.02. The summed E-state index contributed by atoms with van der Waals surface area (Å²) in [5, 5.41) is 2.13. The lowest BCUT2D eigenvalue weighted by Gasteiger charge is -2.14. The number of rotatable bonds is 5. The maximum Gasteiger partial charge on any atom is 0.115 e. The summed E-state index contributed by atoms with van der Waals surface area (Å²) < 4.78 is 14.0. The molecule has 0 radical (unpaired) electrons. The van der Waals surface area contributed by atoms with Gasteiger partial charge in [-0.2, -0.15) is 0 Å². The third-order valence-corrected chi connectivity index (χ3v) is 8.44. The van der Waals surface area contributed by atoms with Gasteiger partial charge in [-0.1, -0.05) is 50.2 Å². The van der Waals surface area contributed by atoms with Gasteiger partial charge in [0.15, 0.2) is 0 Å². The zero-order valence-electron chi connectivity index (χ0n) is 13.0. The van der Waals surface area contributed by atoms with Crippen LogP contribution in [0.15, 0.2) is 48.5 Å². The van der Waals surface area contributed by atoms with Gasteiger partial charge in [-0.15, -0.1) is 11.3 Å². The average molecular weight is 329 g/mol. The van der Waals surface area contributed by atoms with E-state index in [-0.39, 0.29) is 0 Å². The number of thiazole rings is 1. The second kappa shape index (κ2) is 6.36. The molecule has 0 fully saturated rings. The molecule has 0 saturated carbocycles. The molecule has 114 valence electrons. The van der Waals surface area contributed by atoms with Crippen molar-refractivity contribution in [2.75, 3.05) is 12.3 Å². The number of nitrogens with zero attached hydrogens (tertiary/aromatic N) is 1. The Morgan fingerprint density at radius 3 is 2.32 bits per heavy atom. The van der Waals surface area contributed by atoms with Gasteiger partial charge in [-0.3, -0.25) is 0 Å².